The minimum absolute atomic E-state index is 0.0450. The van der Waals surface area contributed by atoms with Gasteiger partial charge in [0.25, 0.3) is 5.69 Å². The molecular formula is C19H13Br2ClN2O5. The molecule has 0 saturated carbocycles. The van der Waals surface area contributed by atoms with Crippen LogP contribution >= 0.6 is 43.5 Å². The number of rotatable bonds is 6. The van der Waals surface area contributed by atoms with Crippen molar-refractivity contribution in [1.82, 2.24) is 0 Å². The highest BCUT2D eigenvalue weighted by Crippen LogP contribution is 2.36. The summed E-state index contributed by atoms with van der Waals surface area (Å²) in [4.78, 5) is 26.8. The van der Waals surface area contributed by atoms with Gasteiger partial charge >= 0.3 is 5.97 Å². The monoisotopic (exact) mass is 542 g/mol. The van der Waals surface area contributed by atoms with Crippen molar-refractivity contribution >= 4 is 67.1 Å². The largest absolute Gasteiger partial charge is 0.491 e. The number of aliphatic imine (C=N–C) groups is 1. The second-order valence-electron chi connectivity index (χ2n) is 5.92. The molecule has 0 spiro atoms. The number of carbonyl (C=O) groups is 1. The minimum Gasteiger partial charge on any atom is -0.491 e. The summed E-state index contributed by atoms with van der Waals surface area (Å²) in [5, 5.41) is 11.2. The number of cyclic esters (lactones) is 1. The molecular weight excluding hydrogens is 531 g/mol. The molecule has 0 aromatic heterocycles. The van der Waals surface area contributed by atoms with Crippen LogP contribution in [-0.4, -0.2) is 23.4 Å². The minimum atomic E-state index is -0.680. The fraction of sp³-hybridized carbons (Fsp3) is 0.158. The van der Waals surface area contributed by atoms with Gasteiger partial charge in [-0.15, -0.1) is 0 Å². The number of ether oxygens (including phenoxy) is 2. The molecule has 10 heteroatoms. The summed E-state index contributed by atoms with van der Waals surface area (Å²) >= 11 is 13.0. The van der Waals surface area contributed by atoms with Gasteiger partial charge in [-0.05, 0) is 68.1 Å². The smallest absolute Gasteiger partial charge is 0.363 e. The summed E-state index contributed by atoms with van der Waals surface area (Å²) in [5.41, 5.74) is 0.706. The van der Waals surface area contributed by atoms with Gasteiger partial charge in [-0.1, -0.05) is 18.5 Å². The molecule has 1 aliphatic rings. The number of hydrogen-bond donors (Lipinski definition) is 0. The Balaban J connectivity index is 1.95. The van der Waals surface area contributed by atoms with Crippen LogP contribution in [0, 0.1) is 10.1 Å². The van der Waals surface area contributed by atoms with Crippen molar-refractivity contribution in [1.29, 1.82) is 0 Å². The Morgan fingerprint density at radius 3 is 2.59 bits per heavy atom. The van der Waals surface area contributed by atoms with Crippen LogP contribution in [0.2, 0.25) is 5.02 Å². The molecule has 0 amide bonds. The molecule has 0 aliphatic carbocycles. The molecule has 29 heavy (non-hydrogen) atoms. The van der Waals surface area contributed by atoms with E-state index in [4.69, 9.17) is 21.1 Å². The first-order valence-corrected chi connectivity index (χ1v) is 10.3. The summed E-state index contributed by atoms with van der Waals surface area (Å²) in [6.07, 6.45) is 2.41. The fourth-order valence-electron chi connectivity index (χ4n) is 2.48. The van der Waals surface area contributed by atoms with E-state index in [1.165, 1.54) is 18.2 Å². The molecule has 150 valence electrons. The standard InChI is InChI=1S/C19H13Br2ClN2O5/c1-2-5-28-17-13(20)6-10(7-14(17)21)8-16-19(25)29-18(23-16)12-9-11(24(26)27)3-4-15(12)22/h3-4,6-9H,2,5H2,1H3/b16-8-. The number of halogens is 3. The molecule has 1 aliphatic heterocycles. The number of carbonyl (C=O) groups excluding carboxylic acids is 1. The Bertz CT molecular complexity index is 1050. The van der Waals surface area contributed by atoms with E-state index in [-0.39, 0.29) is 27.9 Å². The van der Waals surface area contributed by atoms with E-state index in [0.29, 0.717) is 26.9 Å². The number of nitro groups is 1. The molecule has 0 bridgehead atoms. The second-order valence-corrected chi connectivity index (χ2v) is 8.04. The van der Waals surface area contributed by atoms with Crippen LogP contribution in [0.4, 0.5) is 5.69 Å². The Morgan fingerprint density at radius 1 is 1.28 bits per heavy atom. The van der Waals surface area contributed by atoms with Gasteiger partial charge in [0, 0.05) is 12.1 Å². The molecule has 0 unspecified atom stereocenters. The maximum absolute atomic E-state index is 12.2. The molecule has 7 nitrogen and oxygen atoms in total. The number of benzene rings is 2. The number of hydrogen-bond acceptors (Lipinski definition) is 6. The van der Waals surface area contributed by atoms with E-state index in [1.54, 1.807) is 18.2 Å². The molecule has 0 atom stereocenters. The highest BCUT2D eigenvalue weighted by Gasteiger charge is 2.27. The lowest BCUT2D eigenvalue weighted by Crippen LogP contribution is -2.06. The zero-order valence-corrected chi connectivity index (χ0v) is 18.9. The number of nitro benzene ring substituents is 1. The highest BCUT2D eigenvalue weighted by atomic mass is 79.9. The highest BCUT2D eigenvalue weighted by molar-refractivity contribution is 9.11. The Hall–Kier alpha value is -2.23. The summed E-state index contributed by atoms with van der Waals surface area (Å²) < 4.78 is 12.3. The van der Waals surface area contributed by atoms with Crippen LogP contribution in [-0.2, 0) is 9.53 Å². The Kier molecular flexibility index (Phi) is 6.71. The average molecular weight is 545 g/mol. The third-order valence-electron chi connectivity index (χ3n) is 3.79. The van der Waals surface area contributed by atoms with Crippen LogP contribution in [0.25, 0.3) is 6.08 Å². The van der Waals surface area contributed by atoms with E-state index >= 15 is 0 Å². The maximum Gasteiger partial charge on any atom is 0.363 e. The van der Waals surface area contributed by atoms with Gasteiger partial charge < -0.3 is 9.47 Å². The van der Waals surface area contributed by atoms with E-state index < -0.39 is 10.9 Å². The lowest BCUT2D eigenvalue weighted by Gasteiger charge is -2.10. The van der Waals surface area contributed by atoms with Gasteiger partial charge in [-0.25, -0.2) is 9.79 Å². The zero-order valence-electron chi connectivity index (χ0n) is 14.9. The van der Waals surface area contributed by atoms with E-state index in [1.807, 2.05) is 6.92 Å². The van der Waals surface area contributed by atoms with Gasteiger partial charge in [-0.2, -0.15) is 0 Å². The van der Waals surface area contributed by atoms with Gasteiger partial charge in [0.15, 0.2) is 5.70 Å². The van der Waals surface area contributed by atoms with Crippen molar-refractivity contribution in [3.63, 3.8) is 0 Å². The molecule has 0 N–H and O–H groups in total. The number of non-ortho nitro benzene ring substituents is 1. The van der Waals surface area contributed by atoms with E-state index in [2.05, 4.69) is 36.9 Å². The van der Waals surface area contributed by atoms with E-state index in [0.717, 1.165) is 6.42 Å². The zero-order chi connectivity index (χ0) is 21.1. The fourth-order valence-corrected chi connectivity index (χ4v) is 4.13. The molecule has 2 aromatic carbocycles. The van der Waals surface area contributed by atoms with Crippen molar-refractivity contribution in [2.75, 3.05) is 6.61 Å². The second kappa shape index (κ2) is 9.06. The van der Waals surface area contributed by atoms with Gasteiger partial charge in [-0.3, -0.25) is 10.1 Å². The predicted octanol–water partition coefficient (Wildman–Crippen LogP) is 5.91. The summed E-state index contributed by atoms with van der Waals surface area (Å²) in [6.45, 7) is 2.58. The van der Waals surface area contributed by atoms with Crippen LogP contribution < -0.4 is 4.74 Å². The molecule has 0 radical (unpaired) electrons. The third-order valence-corrected chi connectivity index (χ3v) is 5.29. The molecule has 0 saturated heterocycles. The Labute approximate surface area is 187 Å². The van der Waals surface area contributed by atoms with Crippen LogP contribution in [0.15, 0.2) is 50.0 Å². The summed E-state index contributed by atoms with van der Waals surface area (Å²) in [6, 6.07) is 7.39. The topological polar surface area (TPSA) is 91.0 Å². The Morgan fingerprint density at radius 2 is 1.97 bits per heavy atom. The van der Waals surface area contributed by atoms with Crippen LogP contribution in [0.3, 0.4) is 0 Å². The third kappa shape index (κ3) is 4.85. The molecule has 1 heterocycles. The van der Waals surface area contributed by atoms with Crippen molar-refractivity contribution in [3.05, 3.63) is 71.2 Å². The van der Waals surface area contributed by atoms with Crippen molar-refractivity contribution in [2.45, 2.75) is 13.3 Å². The molecule has 3 rings (SSSR count). The molecule has 0 fully saturated rings. The molecule has 2 aromatic rings. The van der Waals surface area contributed by atoms with Crippen molar-refractivity contribution in [3.8, 4) is 5.75 Å². The summed E-state index contributed by atoms with van der Waals surface area (Å²) in [7, 11) is 0. The van der Waals surface area contributed by atoms with Gasteiger partial charge in [0.05, 0.1) is 31.1 Å². The quantitative estimate of drug-likeness (QED) is 0.195. The van der Waals surface area contributed by atoms with Crippen molar-refractivity contribution < 1.29 is 19.2 Å². The van der Waals surface area contributed by atoms with E-state index in [9.17, 15) is 14.9 Å². The van der Waals surface area contributed by atoms with Gasteiger partial charge in [0.1, 0.15) is 5.75 Å². The first kappa shape index (κ1) is 21.5. The first-order valence-electron chi connectivity index (χ1n) is 8.39. The average Bonchev–Trinajstić information content (AvgIpc) is 3.01. The lowest BCUT2D eigenvalue weighted by atomic mass is 10.2. The summed E-state index contributed by atoms with van der Waals surface area (Å²) in [5.74, 6) is -0.104. The SMILES string of the molecule is CCCOc1c(Br)cc(/C=C2\N=C(c3cc([N+](=O)[O-])ccc3Cl)OC2=O)cc1Br. The number of esters is 1. The normalized spacial score (nSPS) is 14.7. The lowest BCUT2D eigenvalue weighted by molar-refractivity contribution is -0.384. The van der Waals surface area contributed by atoms with Gasteiger partial charge in [0.2, 0.25) is 5.90 Å². The van der Waals surface area contributed by atoms with Crippen LogP contribution in [0.5, 0.6) is 5.75 Å². The van der Waals surface area contributed by atoms with Crippen molar-refractivity contribution in [2.24, 2.45) is 4.99 Å². The maximum atomic E-state index is 12.2. The first-order chi connectivity index (χ1) is 13.8. The van der Waals surface area contributed by atoms with Crippen LogP contribution in [0.1, 0.15) is 24.5 Å². The number of nitrogens with zero attached hydrogens (tertiary/aromatic N) is 2. The predicted molar refractivity (Wildman–Crippen MR) is 116 cm³/mol.